The molecule has 3 N–H and O–H groups in total. The number of aliphatic hydroxyl groups is 1. The van der Waals surface area contributed by atoms with E-state index in [0.717, 1.165) is 25.8 Å². The molecule has 0 unspecified atom stereocenters. The highest BCUT2D eigenvalue weighted by molar-refractivity contribution is 5.54. The van der Waals surface area contributed by atoms with Crippen LogP contribution in [0.25, 0.3) is 0 Å². The van der Waals surface area contributed by atoms with Gasteiger partial charge in [0.05, 0.1) is 6.73 Å². The van der Waals surface area contributed by atoms with Crippen LogP contribution in [0, 0.1) is 5.92 Å². The predicted octanol–water partition coefficient (Wildman–Crippen LogP) is 3.26. The zero-order valence-corrected chi connectivity index (χ0v) is 13.0. The quantitative estimate of drug-likeness (QED) is 0.392. The van der Waals surface area contributed by atoms with Gasteiger partial charge in [-0.1, -0.05) is 55.2 Å². The number of anilines is 1. The van der Waals surface area contributed by atoms with Crippen molar-refractivity contribution in [3.05, 3.63) is 66.8 Å². The molecule has 0 bridgehead atoms. The fourth-order valence-electron chi connectivity index (χ4n) is 2.95. The van der Waals surface area contributed by atoms with Crippen molar-refractivity contribution >= 4 is 5.69 Å². The number of benzene rings is 1. The van der Waals surface area contributed by atoms with Gasteiger partial charge in [0, 0.05) is 11.7 Å². The van der Waals surface area contributed by atoms with Crippen LogP contribution in [0.5, 0.6) is 0 Å². The fraction of sp³-hybridized carbons (Fsp3) is 0.368. The Morgan fingerprint density at radius 2 is 2.14 bits per heavy atom. The molecule has 0 aliphatic carbocycles. The van der Waals surface area contributed by atoms with Gasteiger partial charge in [0.2, 0.25) is 0 Å². The van der Waals surface area contributed by atoms with Crippen molar-refractivity contribution in [1.82, 2.24) is 5.32 Å². The van der Waals surface area contributed by atoms with Gasteiger partial charge in [0.25, 0.3) is 0 Å². The molecule has 0 radical (unpaired) electrons. The second kappa shape index (κ2) is 9.23. The zero-order chi connectivity index (χ0) is 15.6. The van der Waals surface area contributed by atoms with Crippen LogP contribution in [0.3, 0.4) is 0 Å². The highest BCUT2D eigenvalue weighted by Gasteiger charge is 2.26. The normalized spacial score (nSPS) is 21.0. The number of fused-ring (bicyclic) bond motifs is 1. The lowest BCUT2D eigenvalue weighted by Gasteiger charge is -2.34. The summed E-state index contributed by atoms with van der Waals surface area (Å²) in [6, 6.07) is 8.98. The molecule has 0 amide bonds. The fourth-order valence-corrected chi connectivity index (χ4v) is 2.95. The van der Waals surface area contributed by atoms with Gasteiger partial charge in [-0.15, -0.1) is 0 Å². The van der Waals surface area contributed by atoms with E-state index in [0.29, 0.717) is 12.0 Å². The maximum atomic E-state index is 8.89. The smallest absolute Gasteiger partial charge is 0.0931 e. The Balaban J connectivity index is 2.00. The van der Waals surface area contributed by atoms with Crippen LogP contribution >= 0.6 is 0 Å². The molecule has 0 saturated heterocycles. The second-order valence-corrected chi connectivity index (χ2v) is 5.60. The lowest BCUT2D eigenvalue weighted by Crippen LogP contribution is -2.36. The van der Waals surface area contributed by atoms with Gasteiger partial charge in [-0.05, 0) is 43.4 Å². The first kappa shape index (κ1) is 16.5. The number of hydrogen-bond acceptors (Lipinski definition) is 3. The van der Waals surface area contributed by atoms with Gasteiger partial charge in [-0.3, -0.25) is 5.32 Å². The maximum Gasteiger partial charge on any atom is 0.0931 e. The van der Waals surface area contributed by atoms with Gasteiger partial charge in [0.1, 0.15) is 0 Å². The molecule has 0 spiro atoms. The average Bonchev–Trinajstić information content (AvgIpc) is 2.55. The minimum absolute atomic E-state index is 0.0493. The van der Waals surface area contributed by atoms with E-state index in [1.54, 1.807) is 6.08 Å². The molecule has 0 saturated carbocycles. The van der Waals surface area contributed by atoms with Crippen molar-refractivity contribution in [1.29, 1.82) is 0 Å². The summed E-state index contributed by atoms with van der Waals surface area (Å²) in [5.74, 6) is 0.571. The van der Waals surface area contributed by atoms with Gasteiger partial charge in [-0.2, -0.15) is 0 Å². The number of hydrogen-bond donors (Lipinski definition) is 3. The first-order chi connectivity index (χ1) is 10.8. The number of nitrogens with one attached hydrogen (secondary N) is 2. The van der Waals surface area contributed by atoms with Crippen molar-refractivity contribution in [2.75, 3.05) is 18.6 Å². The summed E-state index contributed by atoms with van der Waals surface area (Å²) in [5, 5.41) is 15.6. The SMILES string of the molecule is C=C/C=C\C=C/C[C@@H]1Nc2ccccc2C[C@@H]1CCNCO. The molecular weight excluding hydrogens is 272 g/mol. The Bertz CT molecular complexity index is 522. The molecule has 2 rings (SSSR count). The molecule has 0 aromatic heterocycles. The van der Waals surface area contributed by atoms with Gasteiger partial charge < -0.3 is 10.4 Å². The molecule has 3 nitrogen and oxygen atoms in total. The number of allylic oxidation sites excluding steroid dienone is 4. The predicted molar refractivity (Wildman–Crippen MR) is 93.8 cm³/mol. The van der Waals surface area contributed by atoms with Crippen LogP contribution in [-0.4, -0.2) is 24.4 Å². The Morgan fingerprint density at radius 1 is 1.27 bits per heavy atom. The van der Waals surface area contributed by atoms with E-state index in [1.807, 2.05) is 12.2 Å². The van der Waals surface area contributed by atoms with Crippen LogP contribution in [-0.2, 0) is 6.42 Å². The molecule has 22 heavy (non-hydrogen) atoms. The van der Waals surface area contributed by atoms with E-state index in [9.17, 15) is 0 Å². The second-order valence-electron chi connectivity index (χ2n) is 5.60. The highest BCUT2D eigenvalue weighted by atomic mass is 16.3. The molecule has 1 aliphatic heterocycles. The highest BCUT2D eigenvalue weighted by Crippen LogP contribution is 2.31. The Labute approximate surface area is 133 Å². The lowest BCUT2D eigenvalue weighted by molar-refractivity contribution is 0.253. The minimum atomic E-state index is 0.0493. The third-order valence-electron chi connectivity index (χ3n) is 4.10. The van der Waals surface area contributed by atoms with E-state index in [2.05, 4.69) is 53.6 Å². The first-order valence-corrected chi connectivity index (χ1v) is 7.95. The summed E-state index contributed by atoms with van der Waals surface area (Å²) < 4.78 is 0. The van der Waals surface area contributed by atoms with Crippen LogP contribution in [0.1, 0.15) is 18.4 Å². The van der Waals surface area contributed by atoms with E-state index >= 15 is 0 Å². The van der Waals surface area contributed by atoms with Gasteiger partial charge in [0.15, 0.2) is 0 Å². The Hall–Kier alpha value is -1.84. The topological polar surface area (TPSA) is 44.3 Å². The third-order valence-corrected chi connectivity index (χ3v) is 4.10. The maximum absolute atomic E-state index is 8.89. The van der Waals surface area contributed by atoms with Gasteiger partial charge >= 0.3 is 0 Å². The monoisotopic (exact) mass is 298 g/mol. The largest absolute Gasteiger partial charge is 0.381 e. The standard InChI is InChI=1S/C19H26N2O/c1-2-3-4-5-6-10-19-17(12-13-20-15-22)14-16-9-7-8-11-18(16)21-19/h2-9,11,17,19-22H,1,10,12-15H2/b4-3-,6-5-/t17-,19-/m0/s1. The van der Waals surface area contributed by atoms with Crippen LogP contribution in [0.2, 0.25) is 0 Å². The van der Waals surface area contributed by atoms with Crippen molar-refractivity contribution in [2.24, 2.45) is 5.92 Å². The summed E-state index contributed by atoms with van der Waals surface area (Å²) in [7, 11) is 0. The number of para-hydroxylation sites is 1. The number of aliphatic hydroxyl groups excluding tert-OH is 1. The molecule has 1 aromatic rings. The molecular formula is C19H26N2O. The zero-order valence-electron chi connectivity index (χ0n) is 13.0. The average molecular weight is 298 g/mol. The number of rotatable bonds is 8. The summed E-state index contributed by atoms with van der Waals surface area (Å²) in [4.78, 5) is 0. The molecule has 2 atom stereocenters. The van der Waals surface area contributed by atoms with Crippen molar-refractivity contribution in [3.63, 3.8) is 0 Å². The summed E-state index contributed by atoms with van der Waals surface area (Å²) in [6.07, 6.45) is 13.2. The summed E-state index contributed by atoms with van der Waals surface area (Å²) >= 11 is 0. The molecule has 0 fully saturated rings. The summed E-state index contributed by atoms with van der Waals surface area (Å²) in [6.45, 7) is 4.56. The van der Waals surface area contributed by atoms with Crippen molar-refractivity contribution < 1.29 is 5.11 Å². The van der Waals surface area contributed by atoms with Gasteiger partial charge in [-0.25, -0.2) is 0 Å². The Morgan fingerprint density at radius 3 is 2.95 bits per heavy atom. The minimum Gasteiger partial charge on any atom is -0.381 e. The van der Waals surface area contributed by atoms with E-state index in [4.69, 9.17) is 5.11 Å². The van der Waals surface area contributed by atoms with Crippen LogP contribution in [0.4, 0.5) is 5.69 Å². The first-order valence-electron chi connectivity index (χ1n) is 7.95. The van der Waals surface area contributed by atoms with Crippen LogP contribution in [0.15, 0.2) is 61.2 Å². The molecule has 118 valence electrons. The molecule has 3 heteroatoms. The lowest BCUT2D eigenvalue weighted by atomic mass is 9.83. The molecule has 1 aromatic carbocycles. The van der Waals surface area contributed by atoms with E-state index in [-0.39, 0.29) is 6.73 Å². The van der Waals surface area contributed by atoms with E-state index < -0.39 is 0 Å². The van der Waals surface area contributed by atoms with E-state index in [1.165, 1.54) is 11.3 Å². The third kappa shape index (κ3) is 4.86. The summed E-state index contributed by atoms with van der Waals surface area (Å²) in [5.41, 5.74) is 2.65. The Kier molecular flexibility index (Phi) is 6.94. The van der Waals surface area contributed by atoms with Crippen molar-refractivity contribution in [3.8, 4) is 0 Å². The van der Waals surface area contributed by atoms with Crippen molar-refractivity contribution in [2.45, 2.75) is 25.3 Å². The van der Waals surface area contributed by atoms with Crippen LogP contribution < -0.4 is 10.6 Å². The molecule has 1 heterocycles. The molecule has 1 aliphatic rings.